The van der Waals surface area contributed by atoms with Crippen molar-refractivity contribution in [1.29, 1.82) is 0 Å². The maximum atomic E-state index is 12.1. The van der Waals surface area contributed by atoms with Crippen molar-refractivity contribution >= 4 is 0 Å². The number of halogens is 3. The Morgan fingerprint density at radius 3 is 2.00 bits per heavy atom. The normalized spacial score (nSPS) is 15.6. The number of rotatable bonds is 5. The molecule has 0 aromatic heterocycles. The molecule has 19 heavy (non-hydrogen) atoms. The van der Waals surface area contributed by atoms with E-state index in [9.17, 15) is 18.3 Å². The summed E-state index contributed by atoms with van der Waals surface area (Å²) in [5.41, 5.74) is 0.606. The fraction of sp³-hybridized carbons (Fsp3) is 0.600. The first-order valence-electron chi connectivity index (χ1n) is 6.51. The first kappa shape index (κ1) is 16.0. The number of benzene rings is 1. The summed E-state index contributed by atoms with van der Waals surface area (Å²) in [5, 5.41) is 10.2. The van der Waals surface area contributed by atoms with E-state index in [-0.39, 0.29) is 12.8 Å². The Labute approximate surface area is 112 Å². The molecular weight excluding hydrogens is 253 g/mol. The fourth-order valence-corrected chi connectivity index (χ4v) is 2.00. The van der Waals surface area contributed by atoms with Gasteiger partial charge in [0.25, 0.3) is 0 Å². The summed E-state index contributed by atoms with van der Waals surface area (Å²) in [5.74, 6) is 0.393. The van der Waals surface area contributed by atoms with E-state index in [4.69, 9.17) is 0 Å². The minimum atomic E-state index is -4.16. The van der Waals surface area contributed by atoms with Crippen molar-refractivity contribution in [2.75, 3.05) is 0 Å². The molecule has 0 amide bonds. The second kappa shape index (κ2) is 5.95. The molecule has 1 atom stereocenters. The quantitative estimate of drug-likeness (QED) is 0.821. The zero-order chi connectivity index (χ0) is 14.7. The smallest absolute Gasteiger partial charge is 0.385 e. The Balaban J connectivity index is 2.66. The Bertz CT molecular complexity index is 391. The lowest BCUT2D eigenvalue weighted by Crippen LogP contribution is -2.22. The lowest BCUT2D eigenvalue weighted by molar-refractivity contribution is -0.137. The minimum Gasteiger partial charge on any atom is -0.385 e. The first-order valence-corrected chi connectivity index (χ1v) is 6.51. The van der Waals surface area contributed by atoms with E-state index in [2.05, 4.69) is 13.8 Å². The molecule has 0 saturated carbocycles. The highest BCUT2D eigenvalue weighted by Gasteiger charge is 2.29. The molecule has 1 nitrogen and oxygen atoms in total. The molecule has 0 bridgehead atoms. The molecule has 0 aliphatic rings. The van der Waals surface area contributed by atoms with E-state index < -0.39 is 18.2 Å². The highest BCUT2D eigenvalue weighted by atomic mass is 19.4. The maximum Gasteiger partial charge on any atom is 0.389 e. The van der Waals surface area contributed by atoms with Crippen LogP contribution in [0.1, 0.15) is 57.1 Å². The van der Waals surface area contributed by atoms with Crippen molar-refractivity contribution in [3.63, 3.8) is 0 Å². The molecule has 0 spiro atoms. The molecule has 0 saturated heterocycles. The van der Waals surface area contributed by atoms with Crippen LogP contribution in [0.3, 0.4) is 0 Å². The Kier molecular flexibility index (Phi) is 5.02. The van der Waals surface area contributed by atoms with Crippen LogP contribution in [0.15, 0.2) is 24.3 Å². The largest absolute Gasteiger partial charge is 0.389 e. The molecule has 1 rings (SSSR count). The third kappa shape index (κ3) is 5.23. The highest BCUT2D eigenvalue weighted by molar-refractivity contribution is 5.28. The summed E-state index contributed by atoms with van der Waals surface area (Å²) < 4.78 is 36.3. The number of alkyl halides is 3. The summed E-state index contributed by atoms with van der Waals surface area (Å²) in [7, 11) is 0. The molecule has 0 radical (unpaired) electrons. The molecule has 108 valence electrons. The summed E-state index contributed by atoms with van der Waals surface area (Å²) in [6.07, 6.45) is -4.97. The van der Waals surface area contributed by atoms with Crippen LogP contribution in [0.25, 0.3) is 0 Å². The van der Waals surface area contributed by atoms with Gasteiger partial charge in [0.2, 0.25) is 0 Å². The Morgan fingerprint density at radius 1 is 1.05 bits per heavy atom. The summed E-state index contributed by atoms with van der Waals surface area (Å²) in [6, 6.07) is 7.42. The molecule has 4 heteroatoms. The average Bonchev–Trinajstić information content (AvgIpc) is 2.27. The van der Waals surface area contributed by atoms with E-state index in [1.165, 1.54) is 0 Å². The first-order chi connectivity index (χ1) is 8.62. The van der Waals surface area contributed by atoms with E-state index in [1.54, 1.807) is 19.1 Å². The second-order valence-corrected chi connectivity index (χ2v) is 5.52. The summed E-state index contributed by atoms with van der Waals surface area (Å²) in [6.45, 7) is 5.70. The van der Waals surface area contributed by atoms with Gasteiger partial charge in [-0.1, -0.05) is 38.1 Å². The van der Waals surface area contributed by atoms with Gasteiger partial charge in [-0.05, 0) is 36.8 Å². The van der Waals surface area contributed by atoms with Crippen molar-refractivity contribution in [1.82, 2.24) is 0 Å². The molecule has 0 fully saturated rings. The van der Waals surface area contributed by atoms with Crippen LogP contribution in [0.5, 0.6) is 0 Å². The van der Waals surface area contributed by atoms with Gasteiger partial charge in [-0.3, -0.25) is 0 Å². The maximum absolute atomic E-state index is 12.1. The van der Waals surface area contributed by atoms with Gasteiger partial charge in [0.15, 0.2) is 0 Å². The van der Waals surface area contributed by atoms with Crippen LogP contribution in [0.2, 0.25) is 0 Å². The van der Waals surface area contributed by atoms with Crippen molar-refractivity contribution < 1.29 is 18.3 Å². The zero-order valence-electron chi connectivity index (χ0n) is 11.6. The van der Waals surface area contributed by atoms with E-state index in [0.29, 0.717) is 11.5 Å². The molecule has 1 aromatic carbocycles. The van der Waals surface area contributed by atoms with Crippen LogP contribution >= 0.6 is 0 Å². The van der Waals surface area contributed by atoms with Gasteiger partial charge >= 0.3 is 6.18 Å². The van der Waals surface area contributed by atoms with Gasteiger partial charge in [0, 0.05) is 6.42 Å². The molecule has 0 aliphatic carbocycles. The topological polar surface area (TPSA) is 20.2 Å². The molecule has 0 heterocycles. The van der Waals surface area contributed by atoms with Gasteiger partial charge < -0.3 is 5.11 Å². The SMILES string of the molecule is CC(C)c1ccc(C(C)(O)CCCC(F)(F)F)cc1. The fourth-order valence-electron chi connectivity index (χ4n) is 2.00. The average molecular weight is 274 g/mol. The number of aliphatic hydroxyl groups is 1. The van der Waals surface area contributed by atoms with E-state index in [1.807, 2.05) is 12.1 Å². The molecule has 0 aliphatic heterocycles. The van der Waals surface area contributed by atoms with Crippen molar-refractivity contribution in [3.05, 3.63) is 35.4 Å². The van der Waals surface area contributed by atoms with Crippen LogP contribution in [0.4, 0.5) is 13.2 Å². The third-order valence-corrected chi connectivity index (χ3v) is 3.32. The van der Waals surface area contributed by atoms with Gasteiger partial charge in [0.1, 0.15) is 0 Å². The zero-order valence-corrected chi connectivity index (χ0v) is 11.6. The van der Waals surface area contributed by atoms with Crippen molar-refractivity contribution in [3.8, 4) is 0 Å². The Hall–Kier alpha value is -1.03. The lowest BCUT2D eigenvalue weighted by Gasteiger charge is -2.24. The molecule has 1 unspecified atom stereocenters. The predicted octanol–water partition coefficient (Wildman–Crippen LogP) is 4.75. The monoisotopic (exact) mass is 274 g/mol. The molecule has 1 aromatic rings. The van der Waals surface area contributed by atoms with Crippen LogP contribution < -0.4 is 0 Å². The Morgan fingerprint density at radius 2 is 1.58 bits per heavy atom. The third-order valence-electron chi connectivity index (χ3n) is 3.32. The van der Waals surface area contributed by atoms with E-state index in [0.717, 1.165) is 5.56 Å². The molecule has 1 N–H and O–H groups in total. The minimum absolute atomic E-state index is 0.0670. The van der Waals surface area contributed by atoms with Gasteiger partial charge in [0.05, 0.1) is 5.60 Å². The lowest BCUT2D eigenvalue weighted by atomic mass is 9.89. The number of hydrogen-bond acceptors (Lipinski definition) is 1. The number of hydrogen-bond donors (Lipinski definition) is 1. The van der Waals surface area contributed by atoms with Crippen LogP contribution in [-0.4, -0.2) is 11.3 Å². The predicted molar refractivity (Wildman–Crippen MR) is 70.0 cm³/mol. The van der Waals surface area contributed by atoms with Crippen molar-refractivity contribution in [2.45, 2.75) is 57.7 Å². The van der Waals surface area contributed by atoms with Crippen molar-refractivity contribution in [2.24, 2.45) is 0 Å². The van der Waals surface area contributed by atoms with E-state index >= 15 is 0 Å². The van der Waals surface area contributed by atoms with Gasteiger partial charge in [-0.25, -0.2) is 0 Å². The summed E-state index contributed by atoms with van der Waals surface area (Å²) >= 11 is 0. The van der Waals surface area contributed by atoms with Gasteiger partial charge in [-0.2, -0.15) is 13.2 Å². The summed E-state index contributed by atoms with van der Waals surface area (Å²) in [4.78, 5) is 0. The molecular formula is C15H21F3O. The second-order valence-electron chi connectivity index (χ2n) is 5.52. The van der Waals surface area contributed by atoms with Gasteiger partial charge in [-0.15, -0.1) is 0 Å². The highest BCUT2D eigenvalue weighted by Crippen LogP contribution is 2.31. The van der Waals surface area contributed by atoms with Crippen LogP contribution in [0, 0.1) is 0 Å². The van der Waals surface area contributed by atoms with Crippen LogP contribution in [-0.2, 0) is 5.60 Å². The standard InChI is InChI=1S/C15H21F3O/c1-11(2)12-5-7-13(8-6-12)14(3,19)9-4-10-15(16,17)18/h5-8,11,19H,4,9-10H2,1-3H3.